The molecule has 1 unspecified atom stereocenters. The molecule has 0 aliphatic rings. The molecule has 1 rings (SSSR count). The van der Waals surface area contributed by atoms with Gasteiger partial charge in [0, 0.05) is 22.5 Å². The highest BCUT2D eigenvalue weighted by Gasteiger charge is 2.09. The molecule has 1 amide bonds. The minimum atomic E-state index is 0.0373. The van der Waals surface area contributed by atoms with Crippen LogP contribution >= 0.6 is 23.2 Å². The lowest BCUT2D eigenvalue weighted by molar-refractivity contribution is -0.121. The van der Waals surface area contributed by atoms with Gasteiger partial charge in [0.1, 0.15) is 0 Å². The molecule has 0 saturated carbocycles. The lowest BCUT2D eigenvalue weighted by Gasteiger charge is -2.12. The summed E-state index contributed by atoms with van der Waals surface area (Å²) in [6.07, 6.45) is 1.91. The number of hydrogen-bond donors (Lipinski definition) is 1. The van der Waals surface area contributed by atoms with Crippen molar-refractivity contribution in [3.63, 3.8) is 0 Å². The van der Waals surface area contributed by atoms with Crippen LogP contribution in [0.3, 0.4) is 0 Å². The molecule has 1 aromatic carbocycles. The molecule has 1 N–H and O–H groups in total. The maximum absolute atomic E-state index is 11.6. The molecule has 0 aliphatic heterocycles. The molecule has 0 aromatic heterocycles. The Bertz CT molecular complexity index is 373. The molecular weight excluding hydrogens is 257 g/mol. The normalized spacial score (nSPS) is 12.2. The quantitative estimate of drug-likeness (QED) is 0.868. The minimum absolute atomic E-state index is 0.0373. The smallest absolute Gasteiger partial charge is 0.220 e. The Morgan fingerprint density at radius 1 is 1.35 bits per heavy atom. The molecule has 17 heavy (non-hydrogen) atoms. The monoisotopic (exact) mass is 273 g/mol. The predicted molar refractivity (Wildman–Crippen MR) is 72.7 cm³/mol. The number of carbonyl (C=O) groups is 1. The fraction of sp³-hybridized carbons (Fsp3) is 0.462. The molecule has 0 saturated heterocycles. The van der Waals surface area contributed by atoms with Crippen molar-refractivity contribution in [1.82, 2.24) is 5.32 Å². The van der Waals surface area contributed by atoms with Crippen molar-refractivity contribution in [1.29, 1.82) is 0 Å². The van der Waals surface area contributed by atoms with Crippen molar-refractivity contribution < 1.29 is 4.79 Å². The van der Waals surface area contributed by atoms with Crippen LogP contribution in [0, 0.1) is 0 Å². The fourth-order valence-corrected chi connectivity index (χ4v) is 2.05. The third kappa shape index (κ3) is 4.57. The summed E-state index contributed by atoms with van der Waals surface area (Å²) in [4.78, 5) is 11.6. The average Bonchev–Trinajstić information content (AvgIpc) is 2.28. The lowest BCUT2D eigenvalue weighted by Crippen LogP contribution is -2.32. The Kier molecular flexibility index (Phi) is 5.79. The molecule has 0 spiro atoms. The van der Waals surface area contributed by atoms with Gasteiger partial charge in [0.15, 0.2) is 0 Å². The van der Waals surface area contributed by atoms with E-state index in [2.05, 4.69) is 5.32 Å². The summed E-state index contributed by atoms with van der Waals surface area (Å²) in [6, 6.07) is 5.59. The van der Waals surface area contributed by atoms with Gasteiger partial charge in [0.25, 0.3) is 0 Å². The van der Waals surface area contributed by atoms with E-state index in [4.69, 9.17) is 23.2 Å². The van der Waals surface area contributed by atoms with Crippen LogP contribution in [-0.2, 0) is 11.2 Å². The first-order valence-corrected chi connectivity index (χ1v) is 6.52. The Morgan fingerprint density at radius 3 is 2.47 bits per heavy atom. The number of carbonyl (C=O) groups excluding carboxylic acids is 1. The first-order chi connectivity index (χ1) is 8.04. The highest BCUT2D eigenvalue weighted by molar-refractivity contribution is 6.36. The Hall–Kier alpha value is -0.730. The summed E-state index contributed by atoms with van der Waals surface area (Å²) >= 11 is 12.1. The second-order valence-corrected chi connectivity index (χ2v) is 4.89. The van der Waals surface area contributed by atoms with Crippen LogP contribution in [-0.4, -0.2) is 11.9 Å². The summed E-state index contributed by atoms with van der Waals surface area (Å²) < 4.78 is 0. The third-order valence-corrected chi connectivity index (χ3v) is 3.39. The third-order valence-electron chi connectivity index (χ3n) is 2.68. The van der Waals surface area contributed by atoms with Crippen molar-refractivity contribution in [3.8, 4) is 0 Å². The number of rotatable bonds is 5. The van der Waals surface area contributed by atoms with Gasteiger partial charge < -0.3 is 5.32 Å². The van der Waals surface area contributed by atoms with E-state index in [1.54, 1.807) is 18.2 Å². The van der Waals surface area contributed by atoms with Gasteiger partial charge in [-0.3, -0.25) is 4.79 Å². The maximum atomic E-state index is 11.6. The van der Waals surface area contributed by atoms with E-state index in [-0.39, 0.29) is 11.9 Å². The van der Waals surface area contributed by atoms with Crippen molar-refractivity contribution in [3.05, 3.63) is 33.8 Å². The van der Waals surface area contributed by atoms with Crippen molar-refractivity contribution in [2.24, 2.45) is 0 Å². The molecule has 0 radical (unpaired) electrons. The van der Waals surface area contributed by atoms with Crippen LogP contribution in [0.4, 0.5) is 0 Å². The van der Waals surface area contributed by atoms with Gasteiger partial charge >= 0.3 is 0 Å². The molecule has 2 nitrogen and oxygen atoms in total. The van der Waals surface area contributed by atoms with Gasteiger partial charge in [-0.15, -0.1) is 0 Å². The van der Waals surface area contributed by atoms with E-state index in [1.807, 2.05) is 13.8 Å². The second kappa shape index (κ2) is 6.87. The number of amides is 1. The zero-order valence-corrected chi connectivity index (χ0v) is 11.6. The summed E-state index contributed by atoms with van der Waals surface area (Å²) in [7, 11) is 0. The molecule has 1 aromatic rings. The SMILES string of the molecule is CCC(C)NC(=O)CCc1c(Cl)cccc1Cl. The fourth-order valence-electron chi connectivity index (χ4n) is 1.46. The van der Waals surface area contributed by atoms with Gasteiger partial charge in [0.2, 0.25) is 5.91 Å². The molecule has 0 fully saturated rings. The molecule has 0 bridgehead atoms. The Morgan fingerprint density at radius 2 is 1.94 bits per heavy atom. The Balaban J connectivity index is 2.53. The summed E-state index contributed by atoms with van der Waals surface area (Å²) in [6.45, 7) is 4.02. The van der Waals surface area contributed by atoms with Gasteiger partial charge in [-0.1, -0.05) is 36.2 Å². The van der Waals surface area contributed by atoms with Crippen LogP contribution in [0.15, 0.2) is 18.2 Å². The van der Waals surface area contributed by atoms with Crippen molar-refractivity contribution >= 4 is 29.1 Å². The van der Waals surface area contributed by atoms with Gasteiger partial charge in [-0.05, 0) is 37.5 Å². The van der Waals surface area contributed by atoms with E-state index in [0.717, 1.165) is 12.0 Å². The van der Waals surface area contributed by atoms with E-state index in [9.17, 15) is 4.79 Å². The standard InChI is InChI=1S/C13H17Cl2NO/c1-3-9(2)16-13(17)8-7-10-11(14)5-4-6-12(10)15/h4-6,9H,3,7-8H2,1-2H3,(H,16,17). The van der Waals surface area contributed by atoms with Crippen molar-refractivity contribution in [2.75, 3.05) is 0 Å². The van der Waals surface area contributed by atoms with Crippen LogP contribution in [0.2, 0.25) is 10.0 Å². The highest BCUT2D eigenvalue weighted by Crippen LogP contribution is 2.25. The maximum Gasteiger partial charge on any atom is 0.220 e. The Labute approximate surface area is 112 Å². The van der Waals surface area contributed by atoms with Gasteiger partial charge in [-0.2, -0.15) is 0 Å². The van der Waals surface area contributed by atoms with Gasteiger partial charge in [0.05, 0.1) is 0 Å². The first kappa shape index (κ1) is 14.3. The van der Waals surface area contributed by atoms with Crippen LogP contribution < -0.4 is 5.32 Å². The molecular formula is C13H17Cl2NO. The van der Waals surface area contributed by atoms with E-state index < -0.39 is 0 Å². The number of nitrogens with one attached hydrogen (secondary N) is 1. The molecule has 1 atom stereocenters. The van der Waals surface area contributed by atoms with Gasteiger partial charge in [-0.25, -0.2) is 0 Å². The van der Waals surface area contributed by atoms with Crippen LogP contribution in [0.1, 0.15) is 32.3 Å². The zero-order chi connectivity index (χ0) is 12.8. The van der Waals surface area contributed by atoms with Crippen molar-refractivity contribution in [2.45, 2.75) is 39.2 Å². The first-order valence-electron chi connectivity index (χ1n) is 5.76. The number of halogens is 2. The van der Waals surface area contributed by atoms with Crippen LogP contribution in [0.5, 0.6) is 0 Å². The van der Waals surface area contributed by atoms with Crippen LogP contribution in [0.25, 0.3) is 0 Å². The summed E-state index contributed by atoms with van der Waals surface area (Å²) in [5.74, 6) is 0.0373. The topological polar surface area (TPSA) is 29.1 Å². The number of hydrogen-bond acceptors (Lipinski definition) is 1. The second-order valence-electron chi connectivity index (χ2n) is 4.08. The van der Waals surface area contributed by atoms with E-state index in [1.165, 1.54) is 0 Å². The minimum Gasteiger partial charge on any atom is -0.354 e. The molecule has 0 heterocycles. The summed E-state index contributed by atoms with van der Waals surface area (Å²) in [5.41, 5.74) is 0.843. The van der Waals surface area contributed by atoms with E-state index >= 15 is 0 Å². The highest BCUT2D eigenvalue weighted by atomic mass is 35.5. The molecule has 94 valence electrons. The lowest BCUT2D eigenvalue weighted by atomic mass is 10.1. The zero-order valence-electron chi connectivity index (χ0n) is 10.1. The largest absolute Gasteiger partial charge is 0.354 e. The molecule has 0 aliphatic carbocycles. The van der Waals surface area contributed by atoms with E-state index in [0.29, 0.717) is 22.9 Å². The molecule has 4 heteroatoms. The number of benzene rings is 1. The average molecular weight is 274 g/mol. The predicted octanol–water partition coefficient (Wildman–Crippen LogP) is 3.84. The summed E-state index contributed by atoms with van der Waals surface area (Å²) in [5, 5.41) is 4.15.